The summed E-state index contributed by atoms with van der Waals surface area (Å²) < 4.78 is 0.979. The zero-order chi connectivity index (χ0) is 13.3. The number of aromatic nitrogens is 1. The van der Waals surface area contributed by atoms with E-state index < -0.39 is 6.10 Å². The van der Waals surface area contributed by atoms with E-state index in [1.165, 1.54) is 0 Å². The van der Waals surface area contributed by atoms with Gasteiger partial charge < -0.3 is 10.8 Å². The van der Waals surface area contributed by atoms with Crippen LogP contribution in [0.1, 0.15) is 25.5 Å². The van der Waals surface area contributed by atoms with Gasteiger partial charge in [0.05, 0.1) is 11.6 Å². The minimum Gasteiger partial charge on any atom is -0.388 e. The van der Waals surface area contributed by atoms with E-state index >= 15 is 0 Å². The SMILES string of the molecule is CC(C)(CN)C(O)c1ccc(Br)c2cccnc12. The maximum absolute atomic E-state index is 10.5. The molecule has 1 unspecified atom stereocenters. The molecule has 0 radical (unpaired) electrons. The quantitative estimate of drug-likeness (QED) is 0.916. The third kappa shape index (κ3) is 2.28. The average molecular weight is 309 g/mol. The van der Waals surface area contributed by atoms with Crippen molar-refractivity contribution in [3.05, 3.63) is 40.5 Å². The number of halogens is 1. The van der Waals surface area contributed by atoms with E-state index in [0.717, 1.165) is 20.9 Å². The Bertz CT molecular complexity index is 569. The van der Waals surface area contributed by atoms with Gasteiger partial charge in [-0.2, -0.15) is 0 Å². The molecule has 0 fully saturated rings. The van der Waals surface area contributed by atoms with Gasteiger partial charge in [0, 0.05) is 33.6 Å². The summed E-state index contributed by atoms with van der Waals surface area (Å²) in [5.74, 6) is 0. The monoisotopic (exact) mass is 308 g/mol. The van der Waals surface area contributed by atoms with Crippen LogP contribution >= 0.6 is 15.9 Å². The van der Waals surface area contributed by atoms with E-state index in [1.807, 2.05) is 38.1 Å². The Morgan fingerprint density at radius 1 is 1.39 bits per heavy atom. The Morgan fingerprint density at radius 3 is 2.78 bits per heavy atom. The molecule has 1 heterocycles. The average Bonchev–Trinajstić information content (AvgIpc) is 2.39. The molecule has 2 aromatic rings. The van der Waals surface area contributed by atoms with Crippen LogP contribution in [0.4, 0.5) is 0 Å². The van der Waals surface area contributed by atoms with Crippen LogP contribution in [0.25, 0.3) is 10.9 Å². The number of hydrogen-bond acceptors (Lipinski definition) is 3. The number of pyridine rings is 1. The molecule has 0 aliphatic heterocycles. The Kier molecular flexibility index (Phi) is 3.71. The number of fused-ring (bicyclic) bond motifs is 1. The van der Waals surface area contributed by atoms with Crippen LogP contribution in [-0.4, -0.2) is 16.6 Å². The Balaban J connectivity index is 2.62. The second kappa shape index (κ2) is 4.96. The number of nitrogens with two attached hydrogens (primary N) is 1. The molecule has 1 aromatic carbocycles. The second-order valence-corrected chi connectivity index (χ2v) is 5.99. The molecule has 0 bridgehead atoms. The van der Waals surface area contributed by atoms with Gasteiger partial charge in [-0.1, -0.05) is 41.9 Å². The van der Waals surface area contributed by atoms with E-state index in [-0.39, 0.29) is 5.41 Å². The van der Waals surface area contributed by atoms with E-state index in [0.29, 0.717) is 6.54 Å². The molecular formula is C14H17BrN2O. The first-order valence-electron chi connectivity index (χ1n) is 5.88. The number of benzene rings is 1. The lowest BCUT2D eigenvalue weighted by Crippen LogP contribution is -2.30. The summed E-state index contributed by atoms with van der Waals surface area (Å²) in [6.07, 6.45) is 1.11. The third-order valence-corrected chi connectivity index (χ3v) is 4.00. The predicted octanol–water partition coefficient (Wildman–Crippen LogP) is 3.02. The van der Waals surface area contributed by atoms with Gasteiger partial charge in [0.25, 0.3) is 0 Å². The molecular weight excluding hydrogens is 292 g/mol. The van der Waals surface area contributed by atoms with Gasteiger partial charge in [-0.3, -0.25) is 4.98 Å². The fourth-order valence-electron chi connectivity index (χ4n) is 1.91. The largest absolute Gasteiger partial charge is 0.388 e. The van der Waals surface area contributed by atoms with Crippen molar-refractivity contribution in [3.63, 3.8) is 0 Å². The Hall–Kier alpha value is -0.970. The van der Waals surface area contributed by atoms with Gasteiger partial charge in [-0.15, -0.1) is 0 Å². The van der Waals surface area contributed by atoms with Gasteiger partial charge in [0.15, 0.2) is 0 Å². The normalized spacial score (nSPS) is 13.8. The van der Waals surface area contributed by atoms with Crippen LogP contribution in [0.2, 0.25) is 0 Å². The second-order valence-electron chi connectivity index (χ2n) is 5.13. The minimum absolute atomic E-state index is 0.377. The van der Waals surface area contributed by atoms with Crippen LogP contribution in [-0.2, 0) is 0 Å². The van der Waals surface area contributed by atoms with Crippen LogP contribution in [0, 0.1) is 5.41 Å². The molecule has 96 valence electrons. The van der Waals surface area contributed by atoms with Crippen molar-refractivity contribution in [2.75, 3.05) is 6.54 Å². The van der Waals surface area contributed by atoms with Crippen molar-refractivity contribution >= 4 is 26.8 Å². The van der Waals surface area contributed by atoms with Gasteiger partial charge in [0.2, 0.25) is 0 Å². The fraction of sp³-hybridized carbons (Fsp3) is 0.357. The first kappa shape index (κ1) is 13.5. The number of aliphatic hydroxyl groups is 1. The van der Waals surface area contributed by atoms with Crippen LogP contribution in [0.3, 0.4) is 0 Å². The number of hydrogen-bond donors (Lipinski definition) is 2. The predicted molar refractivity (Wildman–Crippen MR) is 77.2 cm³/mol. The molecule has 0 saturated heterocycles. The van der Waals surface area contributed by atoms with Crippen molar-refractivity contribution in [2.45, 2.75) is 20.0 Å². The molecule has 0 aliphatic carbocycles. The van der Waals surface area contributed by atoms with E-state index in [2.05, 4.69) is 20.9 Å². The van der Waals surface area contributed by atoms with E-state index in [4.69, 9.17) is 5.73 Å². The highest BCUT2D eigenvalue weighted by molar-refractivity contribution is 9.10. The van der Waals surface area contributed by atoms with Crippen molar-refractivity contribution in [3.8, 4) is 0 Å². The Morgan fingerprint density at radius 2 is 2.11 bits per heavy atom. The van der Waals surface area contributed by atoms with E-state index in [9.17, 15) is 5.11 Å². The molecule has 3 nitrogen and oxygen atoms in total. The van der Waals surface area contributed by atoms with Crippen molar-refractivity contribution in [2.24, 2.45) is 11.1 Å². The number of aliphatic hydroxyl groups excluding tert-OH is 1. The van der Waals surface area contributed by atoms with E-state index in [1.54, 1.807) is 6.20 Å². The zero-order valence-corrected chi connectivity index (χ0v) is 12.1. The highest BCUT2D eigenvalue weighted by Gasteiger charge is 2.29. The Labute approximate surface area is 115 Å². The molecule has 4 heteroatoms. The third-order valence-electron chi connectivity index (χ3n) is 3.31. The molecule has 0 spiro atoms. The number of nitrogens with zero attached hydrogens (tertiary/aromatic N) is 1. The molecule has 0 amide bonds. The molecule has 1 aromatic heterocycles. The highest BCUT2D eigenvalue weighted by Crippen LogP contribution is 2.37. The number of rotatable bonds is 3. The summed E-state index contributed by atoms with van der Waals surface area (Å²) in [5, 5.41) is 11.5. The van der Waals surface area contributed by atoms with Gasteiger partial charge in [-0.05, 0) is 12.1 Å². The molecule has 18 heavy (non-hydrogen) atoms. The molecule has 3 N–H and O–H groups in total. The van der Waals surface area contributed by atoms with Crippen LogP contribution in [0.15, 0.2) is 34.9 Å². The lowest BCUT2D eigenvalue weighted by molar-refractivity contribution is 0.0566. The summed E-state index contributed by atoms with van der Waals surface area (Å²) in [6.45, 7) is 4.32. The standard InChI is InChI=1S/C14H17BrN2O/c1-14(2,8-16)13(18)10-5-6-11(15)9-4-3-7-17-12(9)10/h3-7,13,18H,8,16H2,1-2H3. The smallest absolute Gasteiger partial charge is 0.0874 e. The summed E-state index contributed by atoms with van der Waals surface area (Å²) in [5.41, 5.74) is 7.00. The topological polar surface area (TPSA) is 59.1 Å². The first-order chi connectivity index (χ1) is 8.47. The molecule has 1 atom stereocenters. The van der Waals surface area contributed by atoms with Gasteiger partial charge in [0.1, 0.15) is 0 Å². The lowest BCUT2D eigenvalue weighted by Gasteiger charge is -2.29. The van der Waals surface area contributed by atoms with Crippen molar-refractivity contribution in [1.82, 2.24) is 4.98 Å². The van der Waals surface area contributed by atoms with Gasteiger partial charge >= 0.3 is 0 Å². The molecule has 0 aliphatic rings. The summed E-state index contributed by atoms with van der Waals surface area (Å²) in [7, 11) is 0. The van der Waals surface area contributed by atoms with Crippen molar-refractivity contribution in [1.29, 1.82) is 0 Å². The molecule has 0 saturated carbocycles. The maximum Gasteiger partial charge on any atom is 0.0874 e. The van der Waals surface area contributed by atoms with Crippen LogP contribution < -0.4 is 5.73 Å². The van der Waals surface area contributed by atoms with Crippen molar-refractivity contribution < 1.29 is 5.11 Å². The minimum atomic E-state index is -0.631. The lowest BCUT2D eigenvalue weighted by atomic mass is 9.82. The zero-order valence-electron chi connectivity index (χ0n) is 10.5. The summed E-state index contributed by atoms with van der Waals surface area (Å²) in [4.78, 5) is 4.38. The fourth-order valence-corrected chi connectivity index (χ4v) is 2.37. The highest BCUT2D eigenvalue weighted by atomic mass is 79.9. The molecule has 2 rings (SSSR count). The maximum atomic E-state index is 10.5. The van der Waals surface area contributed by atoms with Crippen LogP contribution in [0.5, 0.6) is 0 Å². The first-order valence-corrected chi connectivity index (χ1v) is 6.68. The summed E-state index contributed by atoms with van der Waals surface area (Å²) >= 11 is 3.50. The summed E-state index contributed by atoms with van der Waals surface area (Å²) in [6, 6.07) is 7.71. The van der Waals surface area contributed by atoms with Gasteiger partial charge in [-0.25, -0.2) is 0 Å².